The van der Waals surface area contributed by atoms with Crippen molar-refractivity contribution in [2.45, 2.75) is 19.9 Å². The third-order valence-corrected chi connectivity index (χ3v) is 5.43. The lowest BCUT2D eigenvalue weighted by atomic mass is 10.1. The summed E-state index contributed by atoms with van der Waals surface area (Å²) in [4.78, 5) is 18.1. The lowest BCUT2D eigenvalue weighted by Crippen LogP contribution is -2.28. The van der Waals surface area contributed by atoms with Crippen molar-refractivity contribution < 1.29 is 9.18 Å². The number of aromatic nitrogens is 2. The molecule has 3 aromatic carbocycles. The summed E-state index contributed by atoms with van der Waals surface area (Å²) < 4.78 is 16.1. The second kappa shape index (κ2) is 8.56. The van der Waals surface area contributed by atoms with E-state index in [0.717, 1.165) is 11.1 Å². The molecular formula is C26H24FN3O. The zero-order valence-electron chi connectivity index (χ0n) is 17.8. The monoisotopic (exact) mass is 413 g/mol. The predicted octanol–water partition coefficient (Wildman–Crippen LogP) is 5.69. The number of imidazole rings is 1. The summed E-state index contributed by atoms with van der Waals surface area (Å²) in [6, 6.07) is 24.2. The highest BCUT2D eigenvalue weighted by atomic mass is 19.1. The molecule has 0 saturated carbocycles. The van der Waals surface area contributed by atoms with Crippen LogP contribution >= 0.6 is 0 Å². The van der Waals surface area contributed by atoms with Gasteiger partial charge in [0.05, 0.1) is 6.04 Å². The fourth-order valence-corrected chi connectivity index (χ4v) is 3.64. The van der Waals surface area contributed by atoms with Gasteiger partial charge >= 0.3 is 0 Å². The molecule has 0 bridgehead atoms. The van der Waals surface area contributed by atoms with Gasteiger partial charge in [-0.3, -0.25) is 4.79 Å². The Bertz CT molecular complexity index is 1220. The van der Waals surface area contributed by atoms with E-state index in [1.807, 2.05) is 74.6 Å². The van der Waals surface area contributed by atoms with Crippen molar-refractivity contribution in [2.75, 3.05) is 0 Å². The minimum Gasteiger partial charge on any atom is -0.344 e. The van der Waals surface area contributed by atoms with E-state index in [1.54, 1.807) is 23.6 Å². The fourth-order valence-electron chi connectivity index (χ4n) is 3.64. The van der Waals surface area contributed by atoms with Gasteiger partial charge in [0.1, 0.15) is 23.0 Å². The van der Waals surface area contributed by atoms with Crippen LogP contribution in [0.5, 0.6) is 0 Å². The van der Waals surface area contributed by atoms with E-state index in [9.17, 15) is 9.18 Å². The van der Waals surface area contributed by atoms with Gasteiger partial charge in [-0.05, 0) is 31.0 Å². The molecule has 31 heavy (non-hydrogen) atoms. The number of carbonyl (C=O) groups is 1. The average Bonchev–Trinajstić information content (AvgIpc) is 3.14. The summed E-state index contributed by atoms with van der Waals surface area (Å²) in [7, 11) is 1.81. The fraction of sp³-hybridized carbons (Fsp3) is 0.154. The molecule has 4 rings (SSSR count). The molecule has 0 spiro atoms. The van der Waals surface area contributed by atoms with Gasteiger partial charge in [0.25, 0.3) is 5.91 Å². The van der Waals surface area contributed by atoms with E-state index in [4.69, 9.17) is 4.98 Å². The summed E-state index contributed by atoms with van der Waals surface area (Å²) in [5, 5.41) is 3.06. The summed E-state index contributed by atoms with van der Waals surface area (Å²) in [5.41, 5.74) is 3.85. The molecule has 0 aliphatic carbocycles. The Morgan fingerprint density at radius 2 is 1.61 bits per heavy atom. The molecule has 0 saturated heterocycles. The molecule has 5 heteroatoms. The van der Waals surface area contributed by atoms with Crippen molar-refractivity contribution in [3.8, 4) is 22.6 Å². The van der Waals surface area contributed by atoms with E-state index < -0.39 is 0 Å². The van der Waals surface area contributed by atoms with E-state index >= 15 is 0 Å². The van der Waals surface area contributed by atoms with Crippen LogP contribution in [-0.2, 0) is 7.05 Å². The van der Waals surface area contributed by atoms with E-state index in [1.165, 1.54) is 6.07 Å². The molecule has 1 aromatic heterocycles. The maximum Gasteiger partial charge on any atom is 0.270 e. The van der Waals surface area contributed by atoms with E-state index in [2.05, 4.69) is 5.32 Å². The molecule has 0 fully saturated rings. The number of benzene rings is 3. The standard InChI is InChI=1S/C26H24FN3O/c1-17-14-15-21(16-22(17)27)23-24(26(31)28-18(2)19-10-6-4-7-11-19)30(3)25(29-23)20-12-8-5-9-13-20/h4-16,18H,1-3H3,(H,28,31). The van der Waals surface area contributed by atoms with Crippen LogP contribution in [0.4, 0.5) is 4.39 Å². The summed E-state index contributed by atoms with van der Waals surface area (Å²) >= 11 is 0. The lowest BCUT2D eigenvalue weighted by Gasteiger charge is -2.15. The van der Waals surface area contributed by atoms with Crippen LogP contribution in [0.2, 0.25) is 0 Å². The first kappa shape index (κ1) is 20.5. The third kappa shape index (κ3) is 4.12. The SMILES string of the molecule is Cc1ccc(-c2nc(-c3ccccc3)n(C)c2C(=O)NC(C)c2ccccc2)cc1F. The summed E-state index contributed by atoms with van der Waals surface area (Å²) in [5.74, 6) is 0.0621. The number of carbonyl (C=O) groups excluding carboxylic acids is 1. The summed E-state index contributed by atoms with van der Waals surface area (Å²) in [6.07, 6.45) is 0. The number of nitrogens with zero attached hydrogens (tertiary/aromatic N) is 2. The molecule has 1 atom stereocenters. The first-order valence-electron chi connectivity index (χ1n) is 10.2. The van der Waals surface area contributed by atoms with Crippen molar-refractivity contribution in [3.05, 3.63) is 102 Å². The Kier molecular flexibility index (Phi) is 5.67. The van der Waals surface area contributed by atoms with Crippen LogP contribution < -0.4 is 5.32 Å². The van der Waals surface area contributed by atoms with E-state index in [0.29, 0.717) is 28.3 Å². The molecule has 1 unspecified atom stereocenters. The molecule has 0 aliphatic heterocycles. The van der Waals surface area contributed by atoms with Gasteiger partial charge in [-0.1, -0.05) is 72.8 Å². The van der Waals surface area contributed by atoms with Gasteiger partial charge in [-0.25, -0.2) is 9.37 Å². The van der Waals surface area contributed by atoms with E-state index in [-0.39, 0.29) is 17.8 Å². The number of rotatable bonds is 5. The van der Waals surface area contributed by atoms with Crippen molar-refractivity contribution in [3.63, 3.8) is 0 Å². The highest BCUT2D eigenvalue weighted by molar-refractivity contribution is 5.99. The van der Waals surface area contributed by atoms with Crippen LogP contribution in [0.15, 0.2) is 78.9 Å². The lowest BCUT2D eigenvalue weighted by molar-refractivity contribution is 0.0932. The third-order valence-electron chi connectivity index (χ3n) is 5.43. The van der Waals surface area contributed by atoms with Crippen molar-refractivity contribution in [2.24, 2.45) is 7.05 Å². The Hall–Kier alpha value is -3.73. The highest BCUT2D eigenvalue weighted by Gasteiger charge is 2.24. The second-order valence-electron chi connectivity index (χ2n) is 7.63. The Balaban J connectivity index is 1.80. The quantitative estimate of drug-likeness (QED) is 0.457. The maximum absolute atomic E-state index is 14.3. The van der Waals surface area contributed by atoms with Crippen LogP contribution in [0, 0.1) is 12.7 Å². The first-order valence-corrected chi connectivity index (χ1v) is 10.2. The van der Waals surface area contributed by atoms with Gasteiger partial charge in [0.15, 0.2) is 0 Å². The van der Waals surface area contributed by atoms with Crippen molar-refractivity contribution in [1.29, 1.82) is 0 Å². The number of aryl methyl sites for hydroxylation is 1. The van der Waals surface area contributed by atoms with Gasteiger partial charge in [0, 0.05) is 18.2 Å². The molecule has 156 valence electrons. The molecule has 0 radical (unpaired) electrons. The predicted molar refractivity (Wildman–Crippen MR) is 121 cm³/mol. The zero-order chi connectivity index (χ0) is 22.0. The van der Waals surface area contributed by atoms with Crippen molar-refractivity contribution >= 4 is 5.91 Å². The first-order chi connectivity index (χ1) is 15.0. The minimum absolute atomic E-state index is 0.189. The molecule has 1 heterocycles. The minimum atomic E-state index is -0.326. The van der Waals surface area contributed by atoms with Crippen LogP contribution in [0.1, 0.15) is 34.6 Å². The van der Waals surface area contributed by atoms with Gasteiger partial charge in [-0.2, -0.15) is 0 Å². The van der Waals surface area contributed by atoms with Gasteiger partial charge < -0.3 is 9.88 Å². The number of halogens is 1. The van der Waals surface area contributed by atoms with Gasteiger partial charge in [0.2, 0.25) is 0 Å². The molecule has 0 aliphatic rings. The van der Waals surface area contributed by atoms with Crippen LogP contribution in [0.25, 0.3) is 22.6 Å². The summed E-state index contributed by atoms with van der Waals surface area (Å²) in [6.45, 7) is 3.65. The number of nitrogens with one attached hydrogen (secondary N) is 1. The van der Waals surface area contributed by atoms with Crippen LogP contribution in [-0.4, -0.2) is 15.5 Å². The molecule has 1 N–H and O–H groups in total. The Labute approximate surface area is 181 Å². The van der Waals surface area contributed by atoms with Crippen LogP contribution in [0.3, 0.4) is 0 Å². The molecule has 1 amide bonds. The van der Waals surface area contributed by atoms with Crippen molar-refractivity contribution in [1.82, 2.24) is 14.9 Å². The Morgan fingerprint density at radius 1 is 0.968 bits per heavy atom. The average molecular weight is 413 g/mol. The zero-order valence-corrected chi connectivity index (χ0v) is 17.8. The number of amides is 1. The van der Waals surface area contributed by atoms with Gasteiger partial charge in [-0.15, -0.1) is 0 Å². The Morgan fingerprint density at radius 3 is 2.26 bits per heavy atom. The molecular weight excluding hydrogens is 389 g/mol. The highest BCUT2D eigenvalue weighted by Crippen LogP contribution is 2.30. The smallest absolute Gasteiger partial charge is 0.270 e. The number of hydrogen-bond donors (Lipinski definition) is 1. The number of hydrogen-bond acceptors (Lipinski definition) is 2. The largest absolute Gasteiger partial charge is 0.344 e. The normalized spacial score (nSPS) is 11.9. The topological polar surface area (TPSA) is 46.9 Å². The molecule has 4 nitrogen and oxygen atoms in total. The maximum atomic E-state index is 14.3. The molecule has 4 aromatic rings. The second-order valence-corrected chi connectivity index (χ2v) is 7.63.